The maximum atomic E-state index is 11.6. The number of nitrogens with zero attached hydrogens (tertiary/aromatic N) is 2. The minimum atomic E-state index is -0.126. The lowest BCUT2D eigenvalue weighted by Crippen LogP contribution is -2.23. The number of halogens is 1. The van der Waals surface area contributed by atoms with E-state index >= 15 is 0 Å². The topological polar surface area (TPSA) is 53.4 Å². The highest BCUT2D eigenvalue weighted by Crippen LogP contribution is 2.01. The monoisotopic (exact) mass is 260 g/mol. The molecular formula is C11H17ClN2O3. The summed E-state index contributed by atoms with van der Waals surface area (Å²) in [5.74, 6) is 0.624. The van der Waals surface area contributed by atoms with E-state index in [1.807, 2.05) is 0 Å². The second kappa shape index (κ2) is 7.42. The zero-order chi connectivity index (χ0) is 12.7. The molecule has 0 atom stereocenters. The normalized spacial score (nSPS) is 10.8. The molecule has 1 aromatic heterocycles. The van der Waals surface area contributed by atoms with Crippen LogP contribution in [0.5, 0.6) is 0 Å². The highest BCUT2D eigenvalue weighted by atomic mass is 35.5. The Balaban J connectivity index is 2.39. The zero-order valence-corrected chi connectivity index (χ0v) is 10.9. The molecule has 0 aliphatic heterocycles. The molecule has 96 valence electrons. The summed E-state index contributed by atoms with van der Waals surface area (Å²) < 4.78 is 11.8. The van der Waals surface area contributed by atoms with Gasteiger partial charge in [-0.15, -0.1) is 0 Å². The van der Waals surface area contributed by atoms with Crippen LogP contribution in [0, 0.1) is 6.92 Å². The first-order valence-corrected chi connectivity index (χ1v) is 5.83. The first kappa shape index (κ1) is 14.2. The van der Waals surface area contributed by atoms with Crippen molar-refractivity contribution in [3.63, 3.8) is 0 Å². The van der Waals surface area contributed by atoms with Crippen LogP contribution in [0.25, 0.3) is 0 Å². The molecule has 1 aromatic rings. The fourth-order valence-electron chi connectivity index (χ4n) is 1.43. The molecule has 5 nitrogen and oxygen atoms in total. The number of hydrogen-bond donors (Lipinski definition) is 0. The SMILES string of the molecule is COCCOCCCn1c(C)nc(Cl)cc1=O. The van der Waals surface area contributed by atoms with Gasteiger partial charge in [-0.25, -0.2) is 4.98 Å². The van der Waals surface area contributed by atoms with E-state index in [1.54, 1.807) is 18.6 Å². The molecule has 0 saturated carbocycles. The van der Waals surface area contributed by atoms with Gasteiger partial charge in [0.05, 0.1) is 13.2 Å². The molecule has 0 radical (unpaired) electrons. The van der Waals surface area contributed by atoms with E-state index in [9.17, 15) is 4.79 Å². The Morgan fingerprint density at radius 3 is 2.82 bits per heavy atom. The third kappa shape index (κ3) is 4.85. The average Bonchev–Trinajstić information content (AvgIpc) is 2.26. The second-order valence-corrected chi connectivity index (χ2v) is 3.96. The summed E-state index contributed by atoms with van der Waals surface area (Å²) in [5, 5.41) is 0.236. The van der Waals surface area contributed by atoms with E-state index in [-0.39, 0.29) is 10.7 Å². The molecule has 0 bridgehead atoms. The number of aryl methyl sites for hydroxylation is 1. The van der Waals surface area contributed by atoms with Crippen molar-refractivity contribution in [2.45, 2.75) is 19.9 Å². The van der Waals surface area contributed by atoms with Gasteiger partial charge in [-0.2, -0.15) is 0 Å². The van der Waals surface area contributed by atoms with Gasteiger partial charge in [0, 0.05) is 26.3 Å². The molecular weight excluding hydrogens is 244 g/mol. The fourth-order valence-corrected chi connectivity index (χ4v) is 1.64. The maximum absolute atomic E-state index is 11.6. The first-order valence-electron chi connectivity index (χ1n) is 5.46. The third-order valence-corrected chi connectivity index (χ3v) is 2.46. The van der Waals surface area contributed by atoms with Crippen LogP contribution in [0.1, 0.15) is 12.2 Å². The summed E-state index contributed by atoms with van der Waals surface area (Å²) in [6, 6.07) is 1.32. The lowest BCUT2D eigenvalue weighted by atomic mass is 10.4. The van der Waals surface area contributed by atoms with E-state index in [0.717, 1.165) is 6.42 Å². The van der Waals surface area contributed by atoms with Gasteiger partial charge in [-0.05, 0) is 13.3 Å². The fraction of sp³-hybridized carbons (Fsp3) is 0.636. The van der Waals surface area contributed by atoms with E-state index in [0.29, 0.717) is 32.2 Å². The molecule has 0 unspecified atom stereocenters. The molecule has 0 fully saturated rings. The molecule has 0 saturated heterocycles. The molecule has 0 N–H and O–H groups in total. The minimum Gasteiger partial charge on any atom is -0.382 e. The van der Waals surface area contributed by atoms with Crippen molar-refractivity contribution < 1.29 is 9.47 Å². The number of aromatic nitrogens is 2. The van der Waals surface area contributed by atoms with Crippen molar-refractivity contribution in [3.8, 4) is 0 Å². The number of hydrogen-bond acceptors (Lipinski definition) is 4. The average molecular weight is 261 g/mol. The molecule has 0 aliphatic rings. The lowest BCUT2D eigenvalue weighted by Gasteiger charge is -2.09. The van der Waals surface area contributed by atoms with Crippen molar-refractivity contribution in [1.82, 2.24) is 9.55 Å². The van der Waals surface area contributed by atoms with Gasteiger partial charge in [-0.3, -0.25) is 9.36 Å². The quantitative estimate of drug-likeness (QED) is 0.547. The molecule has 0 aromatic carbocycles. The lowest BCUT2D eigenvalue weighted by molar-refractivity contribution is 0.0678. The van der Waals surface area contributed by atoms with Gasteiger partial charge >= 0.3 is 0 Å². The largest absolute Gasteiger partial charge is 0.382 e. The summed E-state index contributed by atoms with van der Waals surface area (Å²) >= 11 is 5.68. The van der Waals surface area contributed by atoms with E-state index < -0.39 is 0 Å². The van der Waals surface area contributed by atoms with Gasteiger partial charge in [-0.1, -0.05) is 11.6 Å². The van der Waals surface area contributed by atoms with E-state index in [2.05, 4.69) is 4.98 Å². The standard InChI is InChI=1S/C11H17ClN2O3/c1-9-13-10(12)8-11(15)14(9)4-3-5-17-7-6-16-2/h8H,3-7H2,1-2H3. The van der Waals surface area contributed by atoms with Crippen molar-refractivity contribution >= 4 is 11.6 Å². The van der Waals surface area contributed by atoms with Gasteiger partial charge in [0.15, 0.2) is 0 Å². The zero-order valence-electron chi connectivity index (χ0n) is 10.1. The van der Waals surface area contributed by atoms with Gasteiger partial charge in [0.2, 0.25) is 0 Å². The third-order valence-electron chi connectivity index (χ3n) is 2.27. The van der Waals surface area contributed by atoms with Gasteiger partial charge in [0.1, 0.15) is 11.0 Å². The minimum absolute atomic E-state index is 0.126. The highest BCUT2D eigenvalue weighted by Gasteiger charge is 2.03. The van der Waals surface area contributed by atoms with Crippen LogP contribution in [-0.2, 0) is 16.0 Å². The first-order chi connectivity index (χ1) is 8.15. The Morgan fingerprint density at radius 2 is 2.18 bits per heavy atom. The van der Waals surface area contributed by atoms with Crippen LogP contribution >= 0.6 is 11.6 Å². The predicted molar refractivity (Wildman–Crippen MR) is 65.6 cm³/mol. The summed E-state index contributed by atoms with van der Waals surface area (Å²) in [6.45, 7) is 4.10. The second-order valence-electron chi connectivity index (χ2n) is 3.57. The van der Waals surface area contributed by atoms with Crippen LogP contribution in [-0.4, -0.2) is 36.5 Å². The summed E-state index contributed by atoms with van der Waals surface area (Å²) in [5.41, 5.74) is -0.126. The number of ether oxygens (including phenoxy) is 2. The van der Waals surface area contributed by atoms with Crippen molar-refractivity contribution in [3.05, 3.63) is 27.4 Å². The Bertz CT molecular complexity index is 406. The van der Waals surface area contributed by atoms with Crippen LogP contribution in [0.3, 0.4) is 0 Å². The maximum Gasteiger partial charge on any atom is 0.254 e. The van der Waals surface area contributed by atoms with Gasteiger partial charge in [0.25, 0.3) is 5.56 Å². The molecule has 1 rings (SSSR count). The molecule has 1 heterocycles. The number of rotatable bonds is 7. The van der Waals surface area contributed by atoms with E-state index in [1.165, 1.54) is 6.07 Å². The molecule has 6 heteroatoms. The van der Waals surface area contributed by atoms with Gasteiger partial charge < -0.3 is 9.47 Å². The van der Waals surface area contributed by atoms with Crippen molar-refractivity contribution in [1.29, 1.82) is 0 Å². The predicted octanol–water partition coefficient (Wildman–Crippen LogP) is 1.26. The molecule has 0 amide bonds. The van der Waals surface area contributed by atoms with Crippen LogP contribution in [0.2, 0.25) is 5.15 Å². The highest BCUT2D eigenvalue weighted by molar-refractivity contribution is 6.29. The van der Waals surface area contributed by atoms with Crippen molar-refractivity contribution in [2.24, 2.45) is 0 Å². The van der Waals surface area contributed by atoms with Crippen LogP contribution in [0.15, 0.2) is 10.9 Å². The summed E-state index contributed by atoms with van der Waals surface area (Å²) in [7, 11) is 1.63. The van der Waals surface area contributed by atoms with Crippen LogP contribution in [0.4, 0.5) is 0 Å². The molecule has 17 heavy (non-hydrogen) atoms. The number of methoxy groups -OCH3 is 1. The van der Waals surface area contributed by atoms with Crippen molar-refractivity contribution in [2.75, 3.05) is 26.9 Å². The summed E-state index contributed by atoms with van der Waals surface area (Å²) in [4.78, 5) is 15.6. The van der Waals surface area contributed by atoms with E-state index in [4.69, 9.17) is 21.1 Å². The Morgan fingerprint density at radius 1 is 1.41 bits per heavy atom. The molecule has 0 aliphatic carbocycles. The Kier molecular flexibility index (Phi) is 6.18. The molecule has 0 spiro atoms. The summed E-state index contributed by atoms with van der Waals surface area (Å²) in [6.07, 6.45) is 0.758. The van der Waals surface area contributed by atoms with Crippen LogP contribution < -0.4 is 5.56 Å². The Hall–Kier alpha value is -0.910. The smallest absolute Gasteiger partial charge is 0.254 e. The Labute approximate surface area is 105 Å².